The number of aromatic hydroxyl groups is 1. The van der Waals surface area contributed by atoms with Crippen LogP contribution in [0.1, 0.15) is 17.0 Å². The van der Waals surface area contributed by atoms with Crippen LogP contribution in [-0.2, 0) is 6.42 Å². The van der Waals surface area contributed by atoms with Gasteiger partial charge < -0.3 is 14.6 Å². The fourth-order valence-electron chi connectivity index (χ4n) is 2.50. The van der Waals surface area contributed by atoms with Gasteiger partial charge in [0.25, 0.3) is 0 Å². The largest absolute Gasteiger partial charge is 0.508 e. The summed E-state index contributed by atoms with van der Waals surface area (Å²) >= 11 is 0. The highest BCUT2D eigenvalue weighted by atomic mass is 16.5. The second kappa shape index (κ2) is 4.84. The molecule has 2 aromatic carbocycles. The Bertz CT molecular complexity index is 592. The molecule has 1 aliphatic rings. The average Bonchev–Trinajstić information content (AvgIpc) is 2.46. The van der Waals surface area contributed by atoms with Gasteiger partial charge in [0.1, 0.15) is 17.2 Å². The molecule has 2 aromatic rings. The normalized spacial score (nSPS) is 17.4. The summed E-state index contributed by atoms with van der Waals surface area (Å²) in [5, 5.41) is 9.73. The van der Waals surface area contributed by atoms with Gasteiger partial charge in [0.15, 0.2) is 0 Å². The van der Waals surface area contributed by atoms with Gasteiger partial charge in [0.2, 0.25) is 0 Å². The van der Waals surface area contributed by atoms with E-state index >= 15 is 0 Å². The van der Waals surface area contributed by atoms with E-state index in [1.54, 1.807) is 19.2 Å². The van der Waals surface area contributed by atoms with Crippen LogP contribution in [0.5, 0.6) is 17.2 Å². The molecule has 19 heavy (non-hydrogen) atoms. The molecular weight excluding hydrogens is 240 g/mol. The number of rotatable bonds is 2. The molecule has 3 heteroatoms. The Labute approximate surface area is 112 Å². The second-order valence-electron chi connectivity index (χ2n) is 4.78. The van der Waals surface area contributed by atoms with Crippen LogP contribution in [0.25, 0.3) is 0 Å². The van der Waals surface area contributed by atoms with E-state index in [-0.39, 0.29) is 11.7 Å². The number of hydrogen-bond acceptors (Lipinski definition) is 3. The molecule has 0 amide bonds. The molecule has 3 rings (SSSR count). The third-order valence-corrected chi connectivity index (χ3v) is 3.50. The molecule has 0 aromatic heterocycles. The monoisotopic (exact) mass is 256 g/mol. The van der Waals surface area contributed by atoms with E-state index in [1.807, 2.05) is 24.3 Å². The van der Waals surface area contributed by atoms with Crippen molar-refractivity contribution in [2.24, 2.45) is 0 Å². The Morgan fingerprint density at radius 2 is 2.05 bits per heavy atom. The van der Waals surface area contributed by atoms with Gasteiger partial charge in [-0.1, -0.05) is 18.2 Å². The number of phenols is 1. The molecule has 0 saturated heterocycles. The van der Waals surface area contributed by atoms with Crippen LogP contribution < -0.4 is 9.47 Å². The summed E-state index contributed by atoms with van der Waals surface area (Å²) in [6.45, 7) is 0.629. The van der Waals surface area contributed by atoms with Gasteiger partial charge in [0.05, 0.1) is 13.7 Å². The molecule has 1 heterocycles. The van der Waals surface area contributed by atoms with Crippen LogP contribution in [-0.4, -0.2) is 18.8 Å². The number of ether oxygens (including phenoxy) is 2. The zero-order chi connectivity index (χ0) is 13.2. The highest BCUT2D eigenvalue weighted by molar-refractivity contribution is 5.42. The number of phenolic OH excluding ortho intramolecular Hbond substituents is 1. The summed E-state index contributed by atoms with van der Waals surface area (Å²) in [6.07, 6.45) is 0.919. The maximum absolute atomic E-state index is 9.73. The molecule has 0 spiro atoms. The number of hydrogen-bond donors (Lipinski definition) is 1. The molecule has 98 valence electrons. The summed E-state index contributed by atoms with van der Waals surface area (Å²) in [5.74, 6) is 2.11. The smallest absolute Gasteiger partial charge is 0.122 e. The fraction of sp³-hybridized carbons (Fsp3) is 0.250. The first-order valence-electron chi connectivity index (χ1n) is 6.35. The minimum absolute atomic E-state index is 0.230. The summed E-state index contributed by atoms with van der Waals surface area (Å²) in [7, 11) is 1.60. The van der Waals surface area contributed by atoms with Gasteiger partial charge in [-0.15, -0.1) is 0 Å². The molecule has 0 aliphatic carbocycles. The van der Waals surface area contributed by atoms with Gasteiger partial charge in [-0.3, -0.25) is 0 Å². The zero-order valence-corrected chi connectivity index (χ0v) is 10.8. The van der Waals surface area contributed by atoms with E-state index in [4.69, 9.17) is 9.47 Å². The van der Waals surface area contributed by atoms with Crippen LogP contribution in [0.15, 0.2) is 42.5 Å². The minimum atomic E-state index is 0.230. The number of para-hydroxylation sites is 1. The summed E-state index contributed by atoms with van der Waals surface area (Å²) in [5.41, 5.74) is 2.26. The van der Waals surface area contributed by atoms with Crippen molar-refractivity contribution in [3.8, 4) is 17.2 Å². The van der Waals surface area contributed by atoms with Gasteiger partial charge in [-0.25, -0.2) is 0 Å². The van der Waals surface area contributed by atoms with E-state index in [9.17, 15) is 5.11 Å². The van der Waals surface area contributed by atoms with Gasteiger partial charge in [0, 0.05) is 12.0 Å². The maximum Gasteiger partial charge on any atom is 0.122 e. The summed E-state index contributed by atoms with van der Waals surface area (Å²) in [6, 6.07) is 13.4. The van der Waals surface area contributed by atoms with E-state index in [0.717, 1.165) is 17.7 Å². The van der Waals surface area contributed by atoms with Crippen molar-refractivity contribution in [1.82, 2.24) is 0 Å². The lowest BCUT2D eigenvalue weighted by molar-refractivity contribution is 0.262. The first-order chi connectivity index (χ1) is 9.26. The first kappa shape index (κ1) is 11.9. The standard InChI is InChI=1S/C16H16O3/c1-18-15-8-12(7-14(17)9-15)13-6-11-4-2-3-5-16(11)19-10-13/h2-5,7-9,13,17H,6,10H2,1H3. The SMILES string of the molecule is COc1cc(O)cc(C2COc3ccccc3C2)c1. The van der Waals surface area contributed by atoms with Crippen molar-refractivity contribution in [1.29, 1.82) is 0 Å². The first-order valence-corrected chi connectivity index (χ1v) is 6.35. The van der Waals surface area contributed by atoms with Crippen LogP contribution in [0, 0.1) is 0 Å². The van der Waals surface area contributed by atoms with Crippen molar-refractivity contribution < 1.29 is 14.6 Å². The lowest BCUT2D eigenvalue weighted by Gasteiger charge is -2.25. The molecule has 1 atom stereocenters. The Kier molecular flexibility index (Phi) is 3.03. The van der Waals surface area contributed by atoms with Crippen molar-refractivity contribution in [3.63, 3.8) is 0 Å². The van der Waals surface area contributed by atoms with Crippen LogP contribution in [0.2, 0.25) is 0 Å². The highest BCUT2D eigenvalue weighted by Crippen LogP contribution is 2.34. The molecule has 1 N–H and O–H groups in total. The summed E-state index contributed by atoms with van der Waals surface area (Å²) < 4.78 is 11.0. The predicted octanol–water partition coefficient (Wildman–Crippen LogP) is 3.12. The third-order valence-electron chi connectivity index (χ3n) is 3.50. The molecular formula is C16H16O3. The molecule has 1 aliphatic heterocycles. The van der Waals surface area contributed by atoms with Crippen LogP contribution in [0.4, 0.5) is 0 Å². The molecule has 0 radical (unpaired) electrons. The van der Waals surface area contributed by atoms with Crippen LogP contribution in [0.3, 0.4) is 0 Å². The summed E-state index contributed by atoms with van der Waals surface area (Å²) in [4.78, 5) is 0. The lowest BCUT2D eigenvalue weighted by atomic mass is 9.90. The van der Waals surface area contributed by atoms with Crippen molar-refractivity contribution in [3.05, 3.63) is 53.6 Å². The Morgan fingerprint density at radius 1 is 1.21 bits per heavy atom. The molecule has 1 unspecified atom stereocenters. The molecule has 0 bridgehead atoms. The van der Waals surface area contributed by atoms with Gasteiger partial charge >= 0.3 is 0 Å². The third kappa shape index (κ3) is 2.36. The molecule has 0 saturated carbocycles. The number of benzene rings is 2. The predicted molar refractivity (Wildman–Crippen MR) is 73.0 cm³/mol. The quantitative estimate of drug-likeness (QED) is 0.897. The van der Waals surface area contributed by atoms with Crippen molar-refractivity contribution >= 4 is 0 Å². The number of fused-ring (bicyclic) bond motifs is 1. The van der Waals surface area contributed by atoms with Crippen molar-refractivity contribution in [2.45, 2.75) is 12.3 Å². The number of methoxy groups -OCH3 is 1. The second-order valence-corrected chi connectivity index (χ2v) is 4.78. The fourth-order valence-corrected chi connectivity index (χ4v) is 2.50. The minimum Gasteiger partial charge on any atom is -0.508 e. The molecule has 3 nitrogen and oxygen atoms in total. The maximum atomic E-state index is 9.73. The van der Waals surface area contributed by atoms with E-state index in [2.05, 4.69) is 6.07 Å². The van der Waals surface area contributed by atoms with Gasteiger partial charge in [-0.2, -0.15) is 0 Å². The van der Waals surface area contributed by atoms with Gasteiger partial charge in [-0.05, 0) is 35.7 Å². The van der Waals surface area contributed by atoms with Crippen LogP contribution >= 0.6 is 0 Å². The Balaban J connectivity index is 1.90. The van der Waals surface area contributed by atoms with Crippen molar-refractivity contribution in [2.75, 3.05) is 13.7 Å². The topological polar surface area (TPSA) is 38.7 Å². The zero-order valence-electron chi connectivity index (χ0n) is 10.8. The highest BCUT2D eigenvalue weighted by Gasteiger charge is 2.21. The Morgan fingerprint density at radius 3 is 2.89 bits per heavy atom. The Hall–Kier alpha value is -2.16. The molecule has 0 fully saturated rings. The van der Waals surface area contributed by atoms with E-state index < -0.39 is 0 Å². The lowest BCUT2D eigenvalue weighted by Crippen LogP contribution is -2.19. The van der Waals surface area contributed by atoms with E-state index in [1.165, 1.54) is 5.56 Å². The average molecular weight is 256 g/mol. The van der Waals surface area contributed by atoms with E-state index in [0.29, 0.717) is 12.4 Å².